The number of anilines is 6. The number of pyridine rings is 2. The number of hydrogen-bond acceptors (Lipinski definition) is 8. The number of aliphatic imine (C=N–C) groups is 2. The minimum absolute atomic E-state index is 0. The molecule has 0 amide bonds. The Morgan fingerprint density at radius 3 is 1.29 bits per heavy atom. The van der Waals surface area contributed by atoms with Gasteiger partial charge in [-0.15, -0.1) is 11.4 Å². The van der Waals surface area contributed by atoms with Gasteiger partial charge in [0.05, 0.1) is 0 Å². The molecule has 4 heterocycles. The van der Waals surface area contributed by atoms with Gasteiger partial charge in [-0.2, -0.15) is 74.0 Å². The molecule has 350 valence electrons. The first kappa shape index (κ1) is 50.5. The van der Waals surface area contributed by atoms with Crippen LogP contribution in [0.5, 0.6) is 0 Å². The van der Waals surface area contributed by atoms with Crippen LogP contribution in [0.3, 0.4) is 0 Å². The maximum atomic E-state index is 4.59. The second-order valence-corrected chi connectivity index (χ2v) is 15.3. The summed E-state index contributed by atoms with van der Waals surface area (Å²) in [5, 5.41) is 9.18. The fraction of sp³-hybridized carbons (Fsp3) is 0.107. The molecule has 0 fully saturated rings. The fourth-order valence-corrected chi connectivity index (χ4v) is 7.37. The molecule has 0 atom stereocenters. The number of para-hydroxylation sites is 6. The zero-order valence-electron chi connectivity index (χ0n) is 37.7. The topological polar surface area (TPSA) is 91.7 Å². The summed E-state index contributed by atoms with van der Waals surface area (Å²) in [4.78, 5) is 25.8. The SMILES string of the molecule is C(=Nc1ccccc1)[N-]c1ccccc1CCCCc1ccccc1[N-]C=Nc1ccccc1.CN1[CH-]N(c2[c-]cccc2)c2ncccc21.CN1[CH-]N(c2[c-]cccc2)c2ncccc21.[Pt].[Pt]. The Bertz CT molecular complexity index is 2590. The average Bonchev–Trinajstić information content (AvgIpc) is 3.91. The van der Waals surface area contributed by atoms with Crippen molar-refractivity contribution in [3.63, 3.8) is 0 Å². The second-order valence-electron chi connectivity index (χ2n) is 15.3. The Morgan fingerprint density at radius 1 is 0.485 bits per heavy atom. The Morgan fingerprint density at radius 2 is 0.882 bits per heavy atom. The molecule has 68 heavy (non-hydrogen) atoms. The van der Waals surface area contributed by atoms with Crippen molar-refractivity contribution in [3.8, 4) is 0 Å². The number of hydrogen-bond donors (Lipinski definition) is 0. The number of aryl methyl sites for hydroxylation is 2. The van der Waals surface area contributed by atoms with Gasteiger partial charge in [0, 0.05) is 65.9 Å². The molecule has 2 aliphatic heterocycles. The van der Waals surface area contributed by atoms with Gasteiger partial charge < -0.3 is 40.2 Å². The molecule has 6 aromatic carbocycles. The molecule has 8 aromatic rings. The van der Waals surface area contributed by atoms with Crippen molar-refractivity contribution in [2.75, 3.05) is 33.7 Å². The third-order valence-corrected chi connectivity index (χ3v) is 10.7. The van der Waals surface area contributed by atoms with Crippen LogP contribution in [0.1, 0.15) is 24.0 Å². The first-order chi connectivity index (χ1) is 32.6. The molecule has 0 spiro atoms. The van der Waals surface area contributed by atoms with Gasteiger partial charge in [0.1, 0.15) is 11.6 Å². The van der Waals surface area contributed by atoms with E-state index in [1.165, 1.54) is 11.1 Å². The van der Waals surface area contributed by atoms with Crippen molar-refractivity contribution in [2.24, 2.45) is 9.98 Å². The molecular weight excluding hydrogens is 1200 g/mol. The van der Waals surface area contributed by atoms with Crippen molar-refractivity contribution in [1.82, 2.24) is 9.97 Å². The molecule has 10 nitrogen and oxygen atoms in total. The predicted octanol–water partition coefficient (Wildman–Crippen LogP) is 14.2. The van der Waals surface area contributed by atoms with Crippen LogP contribution in [0.25, 0.3) is 10.6 Å². The van der Waals surface area contributed by atoms with Gasteiger partial charge >= 0.3 is 0 Å². The van der Waals surface area contributed by atoms with Gasteiger partial charge in [0.25, 0.3) is 0 Å². The molecule has 2 aliphatic rings. The number of nitrogens with zero attached hydrogens (tertiary/aromatic N) is 10. The maximum absolute atomic E-state index is 4.59. The Kier molecular flexibility index (Phi) is 19.7. The van der Waals surface area contributed by atoms with E-state index in [1.54, 1.807) is 12.7 Å². The first-order valence-electron chi connectivity index (χ1n) is 21.9. The van der Waals surface area contributed by atoms with Crippen LogP contribution in [0.15, 0.2) is 204 Å². The minimum atomic E-state index is 0. The first-order valence-corrected chi connectivity index (χ1v) is 21.9. The van der Waals surface area contributed by atoms with E-state index >= 15 is 0 Å². The van der Waals surface area contributed by atoms with E-state index in [9.17, 15) is 0 Å². The predicted molar refractivity (Wildman–Crippen MR) is 273 cm³/mol. The quantitative estimate of drug-likeness (QED) is 0.0494. The summed E-state index contributed by atoms with van der Waals surface area (Å²) in [6.45, 7) is 4.03. The van der Waals surface area contributed by atoms with Crippen LogP contribution >= 0.6 is 0 Å². The van der Waals surface area contributed by atoms with Crippen LogP contribution in [0.4, 0.5) is 57.1 Å². The Hall–Kier alpha value is -6.86. The molecule has 0 saturated carbocycles. The van der Waals surface area contributed by atoms with E-state index in [4.69, 9.17) is 0 Å². The molecule has 0 unspecified atom stereocenters. The van der Waals surface area contributed by atoms with Gasteiger partial charge in [-0.25, -0.2) is 9.97 Å². The normalized spacial score (nSPS) is 12.2. The second kappa shape index (κ2) is 26.5. The average molecular weight is 1250 g/mol. The van der Waals surface area contributed by atoms with Crippen LogP contribution in [0, 0.1) is 25.5 Å². The summed E-state index contributed by atoms with van der Waals surface area (Å²) in [6, 6.07) is 66.5. The molecule has 0 N–H and O–H groups in total. The van der Waals surface area contributed by atoms with E-state index in [0.29, 0.717) is 0 Å². The molecule has 12 heteroatoms. The number of rotatable bonds is 13. The van der Waals surface area contributed by atoms with E-state index in [2.05, 4.69) is 88.9 Å². The van der Waals surface area contributed by atoms with Crippen molar-refractivity contribution in [1.29, 1.82) is 0 Å². The van der Waals surface area contributed by atoms with Gasteiger partial charge in [-0.1, -0.05) is 122 Å². The van der Waals surface area contributed by atoms with Crippen LogP contribution in [-0.4, -0.2) is 36.7 Å². The Labute approximate surface area is 430 Å². The Balaban J connectivity index is 0.000000186. The van der Waals surface area contributed by atoms with E-state index in [1.807, 2.05) is 195 Å². The largest absolute Gasteiger partial charge is 0.502 e. The summed E-state index contributed by atoms with van der Waals surface area (Å²) >= 11 is 0. The third kappa shape index (κ3) is 13.8. The molecule has 0 saturated heterocycles. The summed E-state index contributed by atoms with van der Waals surface area (Å²) in [7, 11) is 4.03. The number of fused-ring (bicyclic) bond motifs is 2. The van der Waals surface area contributed by atoms with E-state index in [0.717, 1.165) is 82.8 Å². The zero-order chi connectivity index (χ0) is 45.2. The fourth-order valence-electron chi connectivity index (χ4n) is 7.37. The standard InChI is InChI=1S/C30H28N4.2C13H11N3.2Pt/c1-3-17-27(18-4-1)31-23-33-29-21-11-9-15-25(29)13-7-8-14-26-16-10-12-22-30(26)34-24-32-28-19-5-2-6-20-28;2*1-15-10-16(11-6-3-2-4-7-11)13-12(15)8-5-9-14-13;;/h1-6,9-12,15-24H,7-8,13-14H2;2*2-6,8-10H,1H3;;/q3*-2;;. The number of aromatic nitrogens is 2. The summed E-state index contributed by atoms with van der Waals surface area (Å²) in [5.74, 6) is 1.90. The summed E-state index contributed by atoms with van der Waals surface area (Å²) < 4.78 is 0. The molecular formula is C56H50N10Pt2-6. The van der Waals surface area contributed by atoms with E-state index < -0.39 is 0 Å². The molecule has 2 aromatic heterocycles. The third-order valence-electron chi connectivity index (χ3n) is 10.7. The van der Waals surface area contributed by atoms with E-state index in [-0.39, 0.29) is 42.1 Å². The van der Waals surface area contributed by atoms with Crippen LogP contribution < -0.4 is 19.6 Å². The van der Waals surface area contributed by atoms with Crippen LogP contribution in [-0.2, 0) is 55.0 Å². The molecule has 10 rings (SSSR count). The monoisotopic (exact) mass is 1250 g/mol. The summed E-state index contributed by atoms with van der Waals surface area (Å²) in [6.07, 6.45) is 11.0. The van der Waals surface area contributed by atoms with Gasteiger partial charge in [0.15, 0.2) is 0 Å². The minimum Gasteiger partial charge on any atom is -0.502 e. The van der Waals surface area contributed by atoms with Crippen LogP contribution in [0.2, 0.25) is 0 Å². The zero-order valence-corrected chi connectivity index (χ0v) is 42.3. The molecule has 0 radical (unpaired) electrons. The maximum Gasteiger partial charge on any atom is 0.124 e. The molecule has 0 aliphatic carbocycles. The van der Waals surface area contributed by atoms with Gasteiger partial charge in [-0.05, 0) is 97.9 Å². The summed E-state index contributed by atoms with van der Waals surface area (Å²) in [5.41, 5.74) is 10.5. The smallest absolute Gasteiger partial charge is 0.124 e. The van der Waals surface area contributed by atoms with Gasteiger partial charge in [0.2, 0.25) is 0 Å². The van der Waals surface area contributed by atoms with Crippen molar-refractivity contribution >= 4 is 69.8 Å². The van der Waals surface area contributed by atoms with Gasteiger partial charge in [-0.3, -0.25) is 0 Å². The van der Waals surface area contributed by atoms with Crippen molar-refractivity contribution in [3.05, 3.63) is 242 Å². The molecule has 0 bridgehead atoms. The number of benzene rings is 6. The van der Waals surface area contributed by atoms with Crippen molar-refractivity contribution < 1.29 is 42.1 Å². The number of unbranched alkanes of at least 4 members (excludes halogenated alkanes) is 1. The van der Waals surface area contributed by atoms with Crippen molar-refractivity contribution in [2.45, 2.75) is 25.7 Å².